The van der Waals surface area contributed by atoms with Crippen molar-refractivity contribution in [2.45, 2.75) is 53.2 Å². The van der Waals surface area contributed by atoms with Gasteiger partial charge in [0.1, 0.15) is 12.1 Å². The highest BCUT2D eigenvalue weighted by Crippen LogP contribution is 2.19. The highest BCUT2D eigenvalue weighted by Gasteiger charge is 2.26. The summed E-state index contributed by atoms with van der Waals surface area (Å²) in [5.41, 5.74) is 0.991. The van der Waals surface area contributed by atoms with E-state index in [0.29, 0.717) is 31.2 Å². The summed E-state index contributed by atoms with van der Waals surface area (Å²) in [7, 11) is 0. The molecule has 1 aliphatic heterocycles. The van der Waals surface area contributed by atoms with Crippen molar-refractivity contribution in [2.24, 2.45) is 0 Å². The fraction of sp³-hybridized carbons (Fsp3) is 0.706. The number of nitrogens with zero attached hydrogens (tertiary/aromatic N) is 4. The summed E-state index contributed by atoms with van der Waals surface area (Å²) in [5, 5.41) is 4.90. The van der Waals surface area contributed by atoms with Gasteiger partial charge in [-0.1, -0.05) is 11.6 Å². The van der Waals surface area contributed by atoms with E-state index in [1.54, 1.807) is 14.5 Å². The third-order valence-electron chi connectivity index (χ3n) is 4.08. The molecule has 1 aromatic heterocycles. The number of hydrogen-bond acceptors (Lipinski definition) is 4. The van der Waals surface area contributed by atoms with Gasteiger partial charge in [-0.25, -0.2) is 4.79 Å². The molecule has 25 heavy (non-hydrogen) atoms. The zero-order valence-electron chi connectivity index (χ0n) is 15.6. The van der Waals surface area contributed by atoms with E-state index in [1.165, 1.54) is 0 Å². The first-order valence-corrected chi connectivity index (χ1v) is 8.91. The fourth-order valence-electron chi connectivity index (χ4n) is 2.73. The maximum absolute atomic E-state index is 12.6. The number of aromatic nitrogens is 2. The zero-order valence-corrected chi connectivity index (χ0v) is 16.4. The van der Waals surface area contributed by atoms with Crippen molar-refractivity contribution in [3.05, 3.63) is 16.4 Å². The minimum atomic E-state index is -0.520. The average Bonchev–Trinajstić information content (AvgIpc) is 2.73. The second-order valence-corrected chi connectivity index (χ2v) is 7.72. The summed E-state index contributed by atoms with van der Waals surface area (Å²) < 4.78 is 7.05. The molecule has 1 aromatic rings. The molecule has 0 unspecified atom stereocenters. The number of ether oxygens (including phenoxy) is 1. The van der Waals surface area contributed by atoms with E-state index < -0.39 is 5.60 Å². The Morgan fingerprint density at radius 3 is 2.28 bits per heavy atom. The minimum Gasteiger partial charge on any atom is -0.444 e. The highest BCUT2D eigenvalue weighted by atomic mass is 35.5. The Labute approximate surface area is 153 Å². The number of carbonyl (C=O) groups is 2. The summed E-state index contributed by atoms with van der Waals surface area (Å²) in [6, 6.07) is 0. The lowest BCUT2D eigenvalue weighted by Gasteiger charge is -2.26. The van der Waals surface area contributed by atoms with Gasteiger partial charge in [-0.2, -0.15) is 5.10 Å². The molecule has 0 bridgehead atoms. The van der Waals surface area contributed by atoms with Gasteiger partial charge in [0.25, 0.3) is 0 Å². The maximum atomic E-state index is 12.6. The van der Waals surface area contributed by atoms with Crippen LogP contribution in [-0.4, -0.2) is 63.4 Å². The van der Waals surface area contributed by atoms with Crippen molar-refractivity contribution in [3.8, 4) is 0 Å². The van der Waals surface area contributed by atoms with Crippen molar-refractivity contribution in [2.75, 3.05) is 26.2 Å². The van der Waals surface area contributed by atoms with Gasteiger partial charge < -0.3 is 14.5 Å². The summed E-state index contributed by atoms with van der Waals surface area (Å²) in [4.78, 5) is 28.2. The number of rotatable bonds is 2. The van der Waals surface area contributed by atoms with Gasteiger partial charge in [0.15, 0.2) is 0 Å². The standard InChI is InChI=1S/C17H27ClN4O3/c1-12-15(18)13(2)22(19-12)11-14(23)20-7-6-8-21(10-9-20)16(24)25-17(3,4)5/h6-11H2,1-5H3. The van der Waals surface area contributed by atoms with Gasteiger partial charge in [0, 0.05) is 26.2 Å². The van der Waals surface area contributed by atoms with E-state index in [0.717, 1.165) is 17.8 Å². The molecule has 0 saturated carbocycles. The van der Waals surface area contributed by atoms with Crippen LogP contribution in [0, 0.1) is 13.8 Å². The first-order chi connectivity index (χ1) is 11.6. The van der Waals surface area contributed by atoms with Crippen molar-refractivity contribution >= 4 is 23.6 Å². The van der Waals surface area contributed by atoms with Gasteiger partial charge in [-0.3, -0.25) is 9.48 Å². The number of amides is 2. The Hall–Kier alpha value is -1.76. The lowest BCUT2D eigenvalue weighted by Crippen LogP contribution is -2.40. The Kier molecular flexibility index (Phi) is 5.98. The number of halogens is 1. The molecule has 0 aromatic carbocycles. The van der Waals surface area contributed by atoms with Gasteiger partial charge in [0.2, 0.25) is 5.91 Å². The summed E-state index contributed by atoms with van der Waals surface area (Å²) in [5.74, 6) is -0.0201. The molecule has 8 heteroatoms. The first kappa shape index (κ1) is 19.6. The monoisotopic (exact) mass is 370 g/mol. The molecule has 0 atom stereocenters. The van der Waals surface area contributed by atoms with Gasteiger partial charge in [-0.15, -0.1) is 0 Å². The molecule has 0 N–H and O–H groups in total. The predicted molar refractivity (Wildman–Crippen MR) is 95.7 cm³/mol. The van der Waals surface area contributed by atoms with E-state index in [2.05, 4.69) is 5.10 Å². The second kappa shape index (κ2) is 7.64. The summed E-state index contributed by atoms with van der Waals surface area (Å²) in [6.45, 7) is 11.5. The van der Waals surface area contributed by atoms with Crippen molar-refractivity contribution in [1.29, 1.82) is 0 Å². The molecule has 1 saturated heterocycles. The number of aryl methyl sites for hydroxylation is 1. The molecule has 0 spiro atoms. The Bertz CT molecular complexity index is 651. The van der Waals surface area contributed by atoms with Crippen LogP contribution < -0.4 is 0 Å². The lowest BCUT2D eigenvalue weighted by atomic mass is 10.2. The van der Waals surface area contributed by atoms with Crippen LogP contribution in [0.4, 0.5) is 4.79 Å². The molecular formula is C17H27ClN4O3. The van der Waals surface area contributed by atoms with E-state index in [1.807, 2.05) is 34.6 Å². The lowest BCUT2D eigenvalue weighted by molar-refractivity contribution is -0.132. The van der Waals surface area contributed by atoms with E-state index in [4.69, 9.17) is 16.3 Å². The molecule has 2 heterocycles. The fourth-order valence-corrected chi connectivity index (χ4v) is 2.87. The Morgan fingerprint density at radius 1 is 1.12 bits per heavy atom. The van der Waals surface area contributed by atoms with Gasteiger partial charge in [-0.05, 0) is 41.0 Å². The molecule has 2 amide bonds. The highest BCUT2D eigenvalue weighted by molar-refractivity contribution is 6.31. The smallest absolute Gasteiger partial charge is 0.410 e. The topological polar surface area (TPSA) is 67.7 Å². The van der Waals surface area contributed by atoms with Crippen LogP contribution in [0.25, 0.3) is 0 Å². The SMILES string of the molecule is Cc1nn(CC(=O)N2CCCN(C(=O)OC(C)(C)C)CC2)c(C)c1Cl. The zero-order chi connectivity index (χ0) is 18.8. The molecule has 1 fully saturated rings. The van der Waals surface area contributed by atoms with E-state index >= 15 is 0 Å². The second-order valence-electron chi connectivity index (χ2n) is 7.34. The summed E-state index contributed by atoms with van der Waals surface area (Å²) >= 11 is 6.13. The number of hydrogen-bond donors (Lipinski definition) is 0. The van der Waals surface area contributed by atoms with E-state index in [-0.39, 0.29) is 18.5 Å². The van der Waals surface area contributed by atoms with Crippen LogP contribution in [0.15, 0.2) is 0 Å². The molecule has 0 radical (unpaired) electrons. The van der Waals surface area contributed by atoms with E-state index in [9.17, 15) is 9.59 Å². The van der Waals surface area contributed by atoms with Gasteiger partial charge in [0.05, 0.1) is 16.4 Å². The summed E-state index contributed by atoms with van der Waals surface area (Å²) in [6.07, 6.45) is 0.398. The van der Waals surface area contributed by atoms with Crippen molar-refractivity contribution < 1.29 is 14.3 Å². The third kappa shape index (κ3) is 5.11. The van der Waals surface area contributed by atoms with Crippen LogP contribution in [0.3, 0.4) is 0 Å². The third-order valence-corrected chi connectivity index (χ3v) is 4.63. The molecule has 1 aliphatic rings. The van der Waals surface area contributed by atoms with Crippen molar-refractivity contribution in [1.82, 2.24) is 19.6 Å². The van der Waals surface area contributed by atoms with Crippen LogP contribution in [0.1, 0.15) is 38.6 Å². The van der Waals surface area contributed by atoms with Gasteiger partial charge >= 0.3 is 6.09 Å². The average molecular weight is 371 g/mol. The van der Waals surface area contributed by atoms with Crippen LogP contribution in [0.2, 0.25) is 5.02 Å². The van der Waals surface area contributed by atoms with Crippen molar-refractivity contribution in [3.63, 3.8) is 0 Å². The molecule has 140 valence electrons. The minimum absolute atomic E-state index is 0.0201. The molecule has 2 rings (SSSR count). The van der Waals surface area contributed by atoms with Crippen LogP contribution in [-0.2, 0) is 16.1 Å². The first-order valence-electron chi connectivity index (χ1n) is 8.53. The molecular weight excluding hydrogens is 344 g/mol. The maximum Gasteiger partial charge on any atom is 0.410 e. The largest absolute Gasteiger partial charge is 0.444 e. The Balaban J connectivity index is 1.94. The molecule has 7 nitrogen and oxygen atoms in total. The van der Waals surface area contributed by atoms with Crippen LogP contribution in [0.5, 0.6) is 0 Å². The van der Waals surface area contributed by atoms with Crippen LogP contribution >= 0.6 is 11.6 Å². The number of carbonyl (C=O) groups excluding carboxylic acids is 2. The normalized spacial score (nSPS) is 15.9. The molecule has 0 aliphatic carbocycles. The predicted octanol–water partition coefficient (Wildman–Crippen LogP) is 2.62. The Morgan fingerprint density at radius 2 is 1.72 bits per heavy atom. The quantitative estimate of drug-likeness (QED) is 0.802.